The van der Waals surface area contributed by atoms with Crippen molar-refractivity contribution in [1.29, 1.82) is 0 Å². The first-order valence-electron chi connectivity index (χ1n) is 4.59. The van der Waals surface area contributed by atoms with E-state index in [1.165, 1.54) is 0 Å². The molecule has 0 heterocycles. The van der Waals surface area contributed by atoms with Crippen LogP contribution in [0.5, 0.6) is 0 Å². The summed E-state index contributed by atoms with van der Waals surface area (Å²) in [6, 6.07) is -0.378. The molecule has 0 aromatic carbocycles. The van der Waals surface area contributed by atoms with Crippen molar-refractivity contribution in [3.05, 3.63) is 12.2 Å². The molecule has 0 aromatic rings. The van der Waals surface area contributed by atoms with Gasteiger partial charge in [-0.15, -0.1) is 0 Å². The molecule has 0 rings (SSSR count). The second-order valence-corrected chi connectivity index (χ2v) is 5.27. The molecule has 15 heavy (non-hydrogen) atoms. The molecule has 88 valence electrons. The monoisotopic (exact) mass is 234 g/mol. The highest BCUT2D eigenvalue weighted by molar-refractivity contribution is 7.88. The van der Waals surface area contributed by atoms with Gasteiger partial charge in [0.2, 0.25) is 10.0 Å². The minimum Gasteiger partial charge on any atom is -0.310 e. The Kier molecular flexibility index (Phi) is 5.71. The Bertz CT molecular complexity index is 335. The maximum atomic E-state index is 11.5. The van der Waals surface area contributed by atoms with Crippen molar-refractivity contribution in [1.82, 2.24) is 10.0 Å². The molecule has 0 fully saturated rings. The van der Waals surface area contributed by atoms with Crippen LogP contribution in [-0.4, -0.2) is 40.1 Å². The van der Waals surface area contributed by atoms with Crippen LogP contribution in [0.15, 0.2) is 12.2 Å². The number of sulfonamides is 1. The van der Waals surface area contributed by atoms with Crippen LogP contribution in [-0.2, 0) is 14.8 Å². The number of carbonyl (C=O) groups is 1. The number of hydrogen-bond acceptors (Lipinski definition) is 4. The summed E-state index contributed by atoms with van der Waals surface area (Å²) in [6.07, 6.45) is 1.50. The normalized spacial score (nSPS) is 13.5. The fourth-order valence-electron chi connectivity index (χ4n) is 1.09. The summed E-state index contributed by atoms with van der Waals surface area (Å²) in [5.41, 5.74) is 0.466. The maximum Gasteiger partial charge on any atom is 0.208 e. The molecule has 0 bridgehead atoms. The maximum absolute atomic E-state index is 11.5. The summed E-state index contributed by atoms with van der Waals surface area (Å²) in [5.74, 6) is -0.0900. The lowest BCUT2D eigenvalue weighted by atomic mass is 10.0. The fourth-order valence-corrected chi connectivity index (χ4v) is 1.58. The first-order chi connectivity index (χ1) is 6.78. The Balaban J connectivity index is 4.13. The van der Waals surface area contributed by atoms with Crippen molar-refractivity contribution in [3.8, 4) is 0 Å². The number of likely N-dealkylation sites (N-methyl/N-ethyl adjacent to an activating group) is 1. The van der Waals surface area contributed by atoms with Gasteiger partial charge in [-0.05, 0) is 26.0 Å². The third-order valence-corrected chi connectivity index (χ3v) is 2.61. The van der Waals surface area contributed by atoms with Gasteiger partial charge in [-0.2, -0.15) is 0 Å². The standard InChI is InChI=1S/C9H18N2O3S/c1-7(2)9(12)8(10-3)5-6-11-15(4,13)14/h8,10-11H,1,5-6H2,2-4H3. The van der Waals surface area contributed by atoms with Gasteiger partial charge in [-0.3, -0.25) is 4.79 Å². The molecule has 2 N–H and O–H groups in total. The number of Topliss-reactive ketones (excluding diaryl/α,β-unsaturated/α-hetero) is 1. The van der Waals surface area contributed by atoms with Gasteiger partial charge in [0.05, 0.1) is 12.3 Å². The zero-order valence-electron chi connectivity index (χ0n) is 9.33. The van der Waals surface area contributed by atoms with Crippen molar-refractivity contribution in [2.75, 3.05) is 19.8 Å². The first kappa shape index (κ1) is 14.3. The highest BCUT2D eigenvalue weighted by Crippen LogP contribution is 2.00. The van der Waals surface area contributed by atoms with Gasteiger partial charge in [-0.1, -0.05) is 6.58 Å². The predicted molar refractivity (Wildman–Crippen MR) is 60.1 cm³/mol. The van der Waals surface area contributed by atoms with Crippen LogP contribution >= 0.6 is 0 Å². The van der Waals surface area contributed by atoms with Crippen molar-refractivity contribution < 1.29 is 13.2 Å². The second kappa shape index (κ2) is 5.99. The van der Waals surface area contributed by atoms with Crippen LogP contribution < -0.4 is 10.0 Å². The van der Waals surface area contributed by atoms with E-state index < -0.39 is 10.0 Å². The van der Waals surface area contributed by atoms with Gasteiger partial charge in [0.15, 0.2) is 5.78 Å². The molecule has 0 amide bonds. The summed E-state index contributed by atoms with van der Waals surface area (Å²) in [6.45, 7) is 5.43. The topological polar surface area (TPSA) is 75.3 Å². The zero-order chi connectivity index (χ0) is 12.1. The molecule has 0 aromatic heterocycles. The lowest BCUT2D eigenvalue weighted by Gasteiger charge is -2.14. The Morgan fingerprint density at radius 2 is 2.00 bits per heavy atom. The van der Waals surface area contributed by atoms with Gasteiger partial charge >= 0.3 is 0 Å². The highest BCUT2D eigenvalue weighted by atomic mass is 32.2. The fraction of sp³-hybridized carbons (Fsp3) is 0.667. The van der Waals surface area contributed by atoms with Crippen molar-refractivity contribution in [3.63, 3.8) is 0 Å². The molecule has 1 atom stereocenters. The summed E-state index contributed by atoms with van der Waals surface area (Å²) in [5, 5.41) is 2.82. The Hall–Kier alpha value is -0.720. The molecule has 0 aliphatic heterocycles. The third-order valence-electron chi connectivity index (χ3n) is 1.88. The van der Waals surface area contributed by atoms with E-state index in [1.54, 1.807) is 14.0 Å². The van der Waals surface area contributed by atoms with Gasteiger partial charge < -0.3 is 5.32 Å². The molecular formula is C9H18N2O3S. The Labute approximate surface area is 91.0 Å². The largest absolute Gasteiger partial charge is 0.310 e. The zero-order valence-corrected chi connectivity index (χ0v) is 10.1. The van der Waals surface area contributed by atoms with Crippen LogP contribution in [0, 0.1) is 0 Å². The third kappa shape index (κ3) is 6.38. The molecule has 6 heteroatoms. The molecule has 0 aliphatic carbocycles. The molecule has 0 aliphatic rings. The number of nitrogens with one attached hydrogen (secondary N) is 2. The van der Waals surface area contributed by atoms with E-state index in [2.05, 4.69) is 16.6 Å². The van der Waals surface area contributed by atoms with Gasteiger partial charge in [0.1, 0.15) is 0 Å². The summed E-state index contributed by atoms with van der Waals surface area (Å²) in [7, 11) is -1.53. The SMILES string of the molecule is C=C(C)C(=O)C(CCNS(C)(=O)=O)NC. The number of carbonyl (C=O) groups excluding carboxylic acids is 1. The molecule has 0 saturated heterocycles. The molecule has 5 nitrogen and oxygen atoms in total. The van der Waals surface area contributed by atoms with Crippen LogP contribution in [0.25, 0.3) is 0 Å². The molecule has 0 radical (unpaired) electrons. The lowest BCUT2D eigenvalue weighted by Crippen LogP contribution is -2.38. The first-order valence-corrected chi connectivity index (χ1v) is 6.48. The van der Waals surface area contributed by atoms with Gasteiger partial charge in [0.25, 0.3) is 0 Å². The van der Waals surface area contributed by atoms with E-state index in [-0.39, 0.29) is 18.4 Å². The molecule has 1 unspecified atom stereocenters. The smallest absolute Gasteiger partial charge is 0.208 e. The number of ketones is 1. The molecule has 0 saturated carbocycles. The van der Waals surface area contributed by atoms with Crippen LogP contribution in [0.1, 0.15) is 13.3 Å². The van der Waals surface area contributed by atoms with Crippen LogP contribution in [0.4, 0.5) is 0 Å². The summed E-state index contributed by atoms with van der Waals surface area (Å²) < 4.78 is 23.9. The Morgan fingerprint density at radius 1 is 1.47 bits per heavy atom. The van der Waals surface area contributed by atoms with E-state index in [9.17, 15) is 13.2 Å². The average molecular weight is 234 g/mol. The second-order valence-electron chi connectivity index (χ2n) is 3.44. The van der Waals surface area contributed by atoms with Crippen LogP contribution in [0.2, 0.25) is 0 Å². The van der Waals surface area contributed by atoms with Crippen molar-refractivity contribution >= 4 is 15.8 Å². The van der Waals surface area contributed by atoms with E-state index in [0.29, 0.717) is 12.0 Å². The molecular weight excluding hydrogens is 216 g/mol. The number of hydrogen-bond donors (Lipinski definition) is 2. The molecule has 0 spiro atoms. The Morgan fingerprint density at radius 3 is 2.33 bits per heavy atom. The summed E-state index contributed by atoms with van der Waals surface area (Å²) >= 11 is 0. The minimum atomic E-state index is -3.19. The van der Waals surface area contributed by atoms with Gasteiger partial charge in [-0.25, -0.2) is 13.1 Å². The average Bonchev–Trinajstić information content (AvgIpc) is 2.09. The highest BCUT2D eigenvalue weighted by Gasteiger charge is 2.16. The number of rotatable bonds is 7. The van der Waals surface area contributed by atoms with Crippen LogP contribution in [0.3, 0.4) is 0 Å². The lowest BCUT2D eigenvalue weighted by molar-refractivity contribution is -0.117. The van der Waals surface area contributed by atoms with Gasteiger partial charge in [0, 0.05) is 6.54 Å². The van der Waals surface area contributed by atoms with E-state index >= 15 is 0 Å². The van der Waals surface area contributed by atoms with E-state index in [0.717, 1.165) is 6.26 Å². The quantitative estimate of drug-likeness (QED) is 0.591. The van der Waals surface area contributed by atoms with E-state index in [1.807, 2.05) is 0 Å². The van der Waals surface area contributed by atoms with Crippen molar-refractivity contribution in [2.24, 2.45) is 0 Å². The van der Waals surface area contributed by atoms with Crippen molar-refractivity contribution in [2.45, 2.75) is 19.4 Å². The van der Waals surface area contributed by atoms with E-state index in [4.69, 9.17) is 0 Å². The summed E-state index contributed by atoms with van der Waals surface area (Å²) in [4.78, 5) is 11.5. The minimum absolute atomic E-state index is 0.0900. The predicted octanol–water partition coefficient (Wildman–Crippen LogP) is -0.341.